The average molecular weight is 816 g/mol. The molecular formula is C61H41N3. The van der Waals surface area contributed by atoms with E-state index in [4.69, 9.17) is 4.98 Å². The van der Waals surface area contributed by atoms with Gasteiger partial charge in [0.05, 0.1) is 22.2 Å². The Bertz CT molecular complexity index is 3610. The maximum Gasteiger partial charge on any atom is 0.0788 e. The van der Waals surface area contributed by atoms with Gasteiger partial charge in [0.1, 0.15) is 0 Å². The van der Waals surface area contributed by atoms with Crippen molar-refractivity contribution in [1.29, 1.82) is 0 Å². The second kappa shape index (κ2) is 15.7. The Morgan fingerprint density at radius 3 is 1.45 bits per heavy atom. The first-order valence-corrected chi connectivity index (χ1v) is 21.9. The van der Waals surface area contributed by atoms with E-state index in [0.717, 1.165) is 61.4 Å². The van der Waals surface area contributed by atoms with E-state index >= 15 is 0 Å². The second-order valence-corrected chi connectivity index (χ2v) is 16.3. The van der Waals surface area contributed by atoms with Crippen LogP contribution in [0.4, 0.5) is 17.1 Å². The topological polar surface area (TPSA) is 21.1 Å². The number of benzene rings is 10. The first kappa shape index (κ1) is 37.2. The fourth-order valence-electron chi connectivity index (χ4n) is 9.54. The lowest BCUT2D eigenvalue weighted by Crippen LogP contribution is -2.10. The van der Waals surface area contributed by atoms with E-state index in [2.05, 4.69) is 258 Å². The first-order chi connectivity index (χ1) is 31.7. The van der Waals surface area contributed by atoms with Crippen LogP contribution in [0.5, 0.6) is 0 Å². The van der Waals surface area contributed by atoms with Crippen molar-refractivity contribution in [2.75, 3.05) is 4.90 Å². The number of aromatic nitrogens is 2. The minimum Gasteiger partial charge on any atom is -0.310 e. The van der Waals surface area contributed by atoms with Crippen LogP contribution in [0.15, 0.2) is 249 Å². The summed E-state index contributed by atoms with van der Waals surface area (Å²) in [4.78, 5) is 7.70. The van der Waals surface area contributed by atoms with E-state index in [9.17, 15) is 0 Å². The van der Waals surface area contributed by atoms with Crippen LogP contribution in [0.2, 0.25) is 0 Å². The molecule has 2 heterocycles. The summed E-state index contributed by atoms with van der Waals surface area (Å²) < 4.78 is 2.39. The van der Waals surface area contributed by atoms with Crippen LogP contribution < -0.4 is 4.90 Å². The third kappa shape index (κ3) is 6.50. The molecule has 64 heavy (non-hydrogen) atoms. The van der Waals surface area contributed by atoms with Crippen LogP contribution in [-0.4, -0.2) is 9.55 Å². The third-order valence-corrected chi connectivity index (χ3v) is 12.6. The number of rotatable bonds is 8. The van der Waals surface area contributed by atoms with Gasteiger partial charge in [-0.3, -0.25) is 0 Å². The molecule has 0 aliphatic rings. The molecule has 0 unspecified atom stereocenters. The zero-order chi connectivity index (χ0) is 42.4. The predicted molar refractivity (Wildman–Crippen MR) is 270 cm³/mol. The molecule has 0 aliphatic carbocycles. The molecule has 0 amide bonds. The van der Waals surface area contributed by atoms with E-state index in [0.29, 0.717) is 0 Å². The van der Waals surface area contributed by atoms with Gasteiger partial charge in [0.25, 0.3) is 0 Å². The molecule has 300 valence electrons. The number of pyridine rings is 1. The molecule has 0 saturated heterocycles. The highest BCUT2D eigenvalue weighted by molar-refractivity contribution is 6.29. The van der Waals surface area contributed by atoms with Crippen molar-refractivity contribution in [2.45, 2.75) is 0 Å². The van der Waals surface area contributed by atoms with Gasteiger partial charge in [-0.2, -0.15) is 0 Å². The smallest absolute Gasteiger partial charge is 0.0788 e. The van der Waals surface area contributed by atoms with E-state index in [-0.39, 0.29) is 0 Å². The highest BCUT2D eigenvalue weighted by Gasteiger charge is 2.20. The molecule has 0 saturated carbocycles. The second-order valence-electron chi connectivity index (χ2n) is 16.3. The van der Waals surface area contributed by atoms with Crippen molar-refractivity contribution in [3.63, 3.8) is 0 Å². The summed E-state index contributed by atoms with van der Waals surface area (Å²) >= 11 is 0. The molecule has 0 spiro atoms. The molecule has 12 aromatic rings. The summed E-state index contributed by atoms with van der Waals surface area (Å²) in [5.74, 6) is 0. The molecule has 2 aromatic heterocycles. The lowest BCUT2D eigenvalue weighted by molar-refractivity contribution is 1.18. The summed E-state index contributed by atoms with van der Waals surface area (Å²) in [5, 5.41) is 6.03. The number of para-hydroxylation sites is 3. The number of hydrogen-bond acceptors (Lipinski definition) is 2. The summed E-state index contributed by atoms with van der Waals surface area (Å²) in [7, 11) is 0. The summed E-state index contributed by atoms with van der Waals surface area (Å²) in [6, 6.07) is 89.3. The van der Waals surface area contributed by atoms with Gasteiger partial charge in [-0.15, -0.1) is 0 Å². The van der Waals surface area contributed by atoms with E-state index < -0.39 is 0 Å². The van der Waals surface area contributed by atoms with Crippen LogP contribution in [0, 0.1) is 0 Å². The highest BCUT2D eigenvalue weighted by Crippen LogP contribution is 2.43. The van der Waals surface area contributed by atoms with Crippen molar-refractivity contribution in [3.05, 3.63) is 249 Å². The van der Waals surface area contributed by atoms with Crippen LogP contribution in [-0.2, 0) is 0 Å². The maximum atomic E-state index is 5.35. The zero-order valence-electron chi connectivity index (χ0n) is 35.0. The molecule has 0 aliphatic heterocycles. The van der Waals surface area contributed by atoms with Crippen molar-refractivity contribution < 1.29 is 0 Å². The summed E-state index contributed by atoms with van der Waals surface area (Å²) in [5.41, 5.74) is 17.0. The van der Waals surface area contributed by atoms with Crippen molar-refractivity contribution >= 4 is 60.5 Å². The van der Waals surface area contributed by atoms with Gasteiger partial charge < -0.3 is 9.47 Å². The minimum atomic E-state index is 0.987. The standard InChI is InChI=1S/C61H41N3/c1-4-15-42(16-5-1)45-31-35-50(36-32-45)63(52-22-14-19-48(41-52)43-17-6-2-7-18-43)51-37-33-46(34-38-51)44-27-29-47(30-28-44)61-55-39-40-58-60(59(55)53-23-10-12-25-56(53)62-61)54-24-11-13-26-57(54)64(58)49-20-8-3-9-21-49/h1-41H. The number of anilines is 3. The van der Waals surface area contributed by atoms with Gasteiger partial charge in [0.2, 0.25) is 0 Å². The largest absolute Gasteiger partial charge is 0.310 e. The first-order valence-electron chi connectivity index (χ1n) is 21.9. The Balaban J connectivity index is 0.929. The Labute approximate surface area is 372 Å². The van der Waals surface area contributed by atoms with Gasteiger partial charge in [0.15, 0.2) is 0 Å². The van der Waals surface area contributed by atoms with Crippen LogP contribution in [0.3, 0.4) is 0 Å². The molecule has 10 aromatic carbocycles. The number of nitrogens with zero attached hydrogens (tertiary/aromatic N) is 3. The third-order valence-electron chi connectivity index (χ3n) is 12.6. The minimum absolute atomic E-state index is 0.987. The molecule has 0 radical (unpaired) electrons. The molecule has 3 nitrogen and oxygen atoms in total. The van der Waals surface area contributed by atoms with Gasteiger partial charge in [-0.25, -0.2) is 4.98 Å². The van der Waals surface area contributed by atoms with Crippen LogP contribution >= 0.6 is 0 Å². The molecule has 3 heteroatoms. The van der Waals surface area contributed by atoms with Crippen LogP contribution in [0.1, 0.15) is 0 Å². The fourth-order valence-corrected chi connectivity index (χ4v) is 9.54. The van der Waals surface area contributed by atoms with Gasteiger partial charge in [-0.1, -0.05) is 182 Å². The predicted octanol–water partition coefficient (Wildman–Crippen LogP) is 16.6. The zero-order valence-corrected chi connectivity index (χ0v) is 35.0. The lowest BCUT2D eigenvalue weighted by Gasteiger charge is -2.26. The number of hydrogen-bond donors (Lipinski definition) is 0. The van der Waals surface area contributed by atoms with Crippen molar-refractivity contribution in [3.8, 4) is 50.3 Å². The maximum absolute atomic E-state index is 5.35. The van der Waals surface area contributed by atoms with Crippen molar-refractivity contribution in [1.82, 2.24) is 9.55 Å². The SMILES string of the molecule is c1ccc(-c2ccc(N(c3ccc(-c4ccc(-c5nc6ccccc6c6c5ccc5c6c6ccccc6n5-c5ccccc5)cc4)cc3)c3cccc(-c4ccccc4)c3)cc2)cc1. The molecular weight excluding hydrogens is 775 g/mol. The molecule has 0 fully saturated rings. The summed E-state index contributed by atoms with van der Waals surface area (Å²) in [6.45, 7) is 0. The normalized spacial score (nSPS) is 11.4. The van der Waals surface area contributed by atoms with E-state index in [1.807, 2.05) is 0 Å². The Morgan fingerprint density at radius 2 is 0.797 bits per heavy atom. The molecule has 12 rings (SSSR count). The average Bonchev–Trinajstić information content (AvgIpc) is 3.72. The lowest BCUT2D eigenvalue weighted by atomic mass is 9.95. The van der Waals surface area contributed by atoms with Gasteiger partial charge in [-0.05, 0) is 100 Å². The van der Waals surface area contributed by atoms with Crippen LogP contribution in [0.25, 0.3) is 93.8 Å². The Morgan fingerprint density at radius 1 is 0.297 bits per heavy atom. The Kier molecular flexibility index (Phi) is 9.16. The van der Waals surface area contributed by atoms with E-state index in [1.54, 1.807) is 0 Å². The number of fused-ring (bicyclic) bond motifs is 7. The Hall–Kier alpha value is -8.53. The molecule has 0 bridgehead atoms. The van der Waals surface area contributed by atoms with E-state index in [1.165, 1.54) is 49.4 Å². The fraction of sp³-hybridized carbons (Fsp3) is 0. The summed E-state index contributed by atoms with van der Waals surface area (Å²) in [6.07, 6.45) is 0. The monoisotopic (exact) mass is 815 g/mol. The van der Waals surface area contributed by atoms with Gasteiger partial charge in [0, 0.05) is 55.2 Å². The molecule has 0 N–H and O–H groups in total. The quantitative estimate of drug-likeness (QED) is 0.142. The van der Waals surface area contributed by atoms with Gasteiger partial charge >= 0.3 is 0 Å². The molecule has 0 atom stereocenters. The van der Waals surface area contributed by atoms with Crippen molar-refractivity contribution in [2.24, 2.45) is 0 Å². The highest BCUT2D eigenvalue weighted by atomic mass is 15.1.